The molecule has 150 valence electrons. The van der Waals surface area contributed by atoms with Gasteiger partial charge in [0.2, 0.25) is 0 Å². The Morgan fingerprint density at radius 1 is 0.800 bits per heavy atom. The predicted molar refractivity (Wildman–Crippen MR) is 106 cm³/mol. The van der Waals surface area contributed by atoms with Crippen LogP contribution in [0.5, 0.6) is 0 Å². The first-order chi connectivity index (χ1) is 12.4. The van der Waals surface area contributed by atoms with Crippen LogP contribution >= 0.6 is 0 Å². The van der Waals surface area contributed by atoms with Crippen LogP contribution in [-0.4, -0.2) is 37.6 Å². The minimum absolute atomic E-state index is 0.0506. The molecule has 25 heavy (non-hydrogen) atoms. The van der Waals surface area contributed by atoms with E-state index in [1.807, 2.05) is 0 Å². The highest BCUT2D eigenvalue weighted by Gasteiger charge is 2.24. The van der Waals surface area contributed by atoms with Gasteiger partial charge in [0, 0.05) is 12.5 Å². The van der Waals surface area contributed by atoms with Gasteiger partial charge in [0.1, 0.15) is 0 Å². The van der Waals surface area contributed by atoms with Crippen molar-refractivity contribution in [2.75, 3.05) is 26.4 Å². The lowest BCUT2D eigenvalue weighted by Gasteiger charge is -2.09. The molecular formula is C22H44O3. The summed E-state index contributed by atoms with van der Waals surface area (Å²) in [6.45, 7) is 4.87. The van der Waals surface area contributed by atoms with E-state index in [-0.39, 0.29) is 12.7 Å². The van der Waals surface area contributed by atoms with Gasteiger partial charge in [-0.1, -0.05) is 90.4 Å². The summed E-state index contributed by atoms with van der Waals surface area (Å²) in [5.41, 5.74) is 0. The second kappa shape index (κ2) is 17.3. The summed E-state index contributed by atoms with van der Waals surface area (Å²) in [7, 11) is 0. The van der Waals surface area contributed by atoms with E-state index < -0.39 is 0 Å². The number of hydrogen-bond donors (Lipinski definition) is 1. The maximum Gasteiger partial charge on any atom is 0.0810 e. The number of hydrogen-bond acceptors (Lipinski definition) is 3. The first-order valence-corrected chi connectivity index (χ1v) is 11.2. The molecule has 0 aromatic heterocycles. The molecule has 0 unspecified atom stereocenters. The van der Waals surface area contributed by atoms with Crippen LogP contribution in [0.15, 0.2) is 0 Å². The lowest BCUT2D eigenvalue weighted by molar-refractivity contribution is 0.0508. The van der Waals surface area contributed by atoms with Crippen LogP contribution in [0.2, 0.25) is 0 Å². The molecule has 0 aromatic carbocycles. The van der Waals surface area contributed by atoms with Gasteiger partial charge in [-0.25, -0.2) is 0 Å². The largest absolute Gasteiger partial charge is 0.394 e. The third-order valence-corrected chi connectivity index (χ3v) is 5.36. The molecule has 3 heteroatoms. The zero-order valence-corrected chi connectivity index (χ0v) is 16.9. The van der Waals surface area contributed by atoms with Crippen molar-refractivity contribution in [3.05, 3.63) is 0 Å². The number of aliphatic hydroxyl groups is 1. The van der Waals surface area contributed by atoms with Crippen molar-refractivity contribution in [3.8, 4) is 0 Å². The Balaban J connectivity index is 1.68. The van der Waals surface area contributed by atoms with E-state index in [9.17, 15) is 0 Å². The van der Waals surface area contributed by atoms with Crippen molar-refractivity contribution >= 4 is 0 Å². The van der Waals surface area contributed by atoms with E-state index in [4.69, 9.17) is 14.6 Å². The molecule has 0 saturated carbocycles. The third-order valence-electron chi connectivity index (χ3n) is 5.36. The minimum atomic E-state index is 0.0506. The van der Waals surface area contributed by atoms with Gasteiger partial charge in [0.05, 0.1) is 25.9 Å². The van der Waals surface area contributed by atoms with Gasteiger partial charge >= 0.3 is 0 Å². The van der Waals surface area contributed by atoms with E-state index in [0.29, 0.717) is 5.92 Å². The molecule has 0 aliphatic carbocycles. The molecular weight excluding hydrogens is 312 g/mol. The van der Waals surface area contributed by atoms with Crippen molar-refractivity contribution in [2.45, 2.75) is 109 Å². The molecule has 1 aliphatic heterocycles. The second-order valence-electron chi connectivity index (χ2n) is 7.91. The average molecular weight is 357 g/mol. The van der Waals surface area contributed by atoms with Gasteiger partial charge in [-0.15, -0.1) is 0 Å². The number of ether oxygens (including phenoxy) is 2. The first kappa shape index (κ1) is 22.9. The van der Waals surface area contributed by atoms with Gasteiger partial charge in [-0.05, 0) is 12.8 Å². The highest BCUT2D eigenvalue weighted by molar-refractivity contribution is 4.72. The number of unbranched alkanes of at least 4 members (excludes halogenated alkanes) is 13. The summed E-state index contributed by atoms with van der Waals surface area (Å²) >= 11 is 0. The maximum atomic E-state index is 9.03. The normalized spacial score (nSPS) is 20.4. The fourth-order valence-corrected chi connectivity index (χ4v) is 3.67. The Morgan fingerprint density at radius 2 is 1.32 bits per heavy atom. The Kier molecular flexibility index (Phi) is 15.9. The Labute approximate surface area is 156 Å². The van der Waals surface area contributed by atoms with E-state index in [1.165, 1.54) is 89.9 Å². The van der Waals surface area contributed by atoms with E-state index in [1.54, 1.807) is 0 Å². The molecule has 2 atom stereocenters. The smallest absolute Gasteiger partial charge is 0.0810 e. The lowest BCUT2D eigenvalue weighted by Crippen LogP contribution is -2.12. The Hall–Kier alpha value is -0.120. The molecule has 1 rings (SSSR count). The van der Waals surface area contributed by atoms with Gasteiger partial charge in [-0.2, -0.15) is 0 Å². The highest BCUT2D eigenvalue weighted by atomic mass is 16.5. The summed E-state index contributed by atoms with van der Waals surface area (Å²) in [6.07, 6.45) is 20.6. The molecule has 1 fully saturated rings. The SMILES string of the molecule is CCCCCCCCCCCCCCCCOC[C@H]1CO[C@H](CO)C1. The van der Waals surface area contributed by atoms with Crippen molar-refractivity contribution in [3.63, 3.8) is 0 Å². The Morgan fingerprint density at radius 3 is 1.80 bits per heavy atom. The predicted octanol–water partition coefficient (Wildman–Crippen LogP) is 5.88. The molecule has 0 bridgehead atoms. The molecule has 1 N–H and O–H groups in total. The zero-order valence-electron chi connectivity index (χ0n) is 16.9. The van der Waals surface area contributed by atoms with Crippen LogP contribution in [0.4, 0.5) is 0 Å². The molecule has 1 heterocycles. The summed E-state index contributed by atoms with van der Waals surface area (Å²) in [4.78, 5) is 0. The Bertz CT molecular complexity index is 270. The van der Waals surface area contributed by atoms with Gasteiger partial charge in [0.15, 0.2) is 0 Å². The van der Waals surface area contributed by atoms with Crippen LogP contribution in [0.25, 0.3) is 0 Å². The van der Waals surface area contributed by atoms with Gasteiger partial charge in [-0.3, -0.25) is 0 Å². The lowest BCUT2D eigenvalue weighted by atomic mass is 10.0. The monoisotopic (exact) mass is 356 g/mol. The molecule has 3 nitrogen and oxygen atoms in total. The van der Waals surface area contributed by atoms with E-state index >= 15 is 0 Å². The van der Waals surface area contributed by atoms with Crippen LogP contribution in [0.3, 0.4) is 0 Å². The second-order valence-corrected chi connectivity index (χ2v) is 7.91. The molecule has 0 spiro atoms. The molecule has 0 aromatic rings. The molecule has 0 amide bonds. The number of rotatable bonds is 18. The number of aliphatic hydroxyl groups excluding tert-OH is 1. The van der Waals surface area contributed by atoms with Gasteiger partial charge in [0.25, 0.3) is 0 Å². The molecule has 1 aliphatic rings. The van der Waals surface area contributed by atoms with Crippen LogP contribution in [-0.2, 0) is 9.47 Å². The van der Waals surface area contributed by atoms with Crippen molar-refractivity contribution < 1.29 is 14.6 Å². The fraction of sp³-hybridized carbons (Fsp3) is 1.00. The average Bonchev–Trinajstić information content (AvgIpc) is 3.09. The highest BCUT2D eigenvalue weighted by Crippen LogP contribution is 2.19. The summed E-state index contributed by atoms with van der Waals surface area (Å²) in [5, 5.41) is 9.03. The summed E-state index contributed by atoms with van der Waals surface area (Å²) in [6, 6.07) is 0. The topological polar surface area (TPSA) is 38.7 Å². The van der Waals surface area contributed by atoms with E-state index in [2.05, 4.69) is 6.92 Å². The summed E-state index contributed by atoms with van der Waals surface area (Å²) < 4.78 is 11.2. The molecule has 1 saturated heterocycles. The first-order valence-electron chi connectivity index (χ1n) is 11.2. The van der Waals surface area contributed by atoms with Crippen LogP contribution in [0.1, 0.15) is 103 Å². The van der Waals surface area contributed by atoms with Crippen molar-refractivity contribution in [1.29, 1.82) is 0 Å². The minimum Gasteiger partial charge on any atom is -0.394 e. The van der Waals surface area contributed by atoms with Crippen molar-refractivity contribution in [1.82, 2.24) is 0 Å². The fourth-order valence-electron chi connectivity index (χ4n) is 3.67. The van der Waals surface area contributed by atoms with Crippen molar-refractivity contribution in [2.24, 2.45) is 5.92 Å². The quantitative estimate of drug-likeness (QED) is 0.312. The summed E-state index contributed by atoms with van der Waals surface area (Å²) in [5.74, 6) is 0.490. The molecule has 0 radical (unpaired) electrons. The van der Waals surface area contributed by atoms with E-state index in [0.717, 1.165) is 26.2 Å². The third kappa shape index (κ3) is 13.7. The standard InChI is InChI=1S/C22H44O3/c1-2-3-4-5-6-7-8-9-10-11-12-13-14-15-16-24-19-21-17-22(18-23)25-20-21/h21-23H,2-20H2,1H3/t21-,22-/m0/s1. The van der Waals surface area contributed by atoms with Gasteiger partial charge < -0.3 is 14.6 Å². The zero-order chi connectivity index (χ0) is 18.0. The van der Waals surface area contributed by atoms with Crippen LogP contribution < -0.4 is 0 Å². The maximum absolute atomic E-state index is 9.03. The van der Waals surface area contributed by atoms with Crippen LogP contribution in [0, 0.1) is 5.92 Å².